The summed E-state index contributed by atoms with van der Waals surface area (Å²) in [7, 11) is 0. The van der Waals surface area contributed by atoms with Crippen LogP contribution in [0.4, 0.5) is 14.9 Å². The quantitative estimate of drug-likeness (QED) is 0.768. The zero-order valence-corrected chi connectivity index (χ0v) is 11.4. The first-order valence-electron chi connectivity index (χ1n) is 6.26. The van der Waals surface area contributed by atoms with Gasteiger partial charge in [-0.25, -0.2) is 9.18 Å². The Balaban J connectivity index is 3.28. The highest BCUT2D eigenvalue weighted by molar-refractivity contribution is 6.03. The van der Waals surface area contributed by atoms with Crippen molar-refractivity contribution in [1.82, 2.24) is 0 Å². The van der Waals surface area contributed by atoms with E-state index in [1.54, 1.807) is 6.92 Å². The van der Waals surface area contributed by atoms with Crippen molar-refractivity contribution >= 4 is 17.6 Å². The summed E-state index contributed by atoms with van der Waals surface area (Å²) in [5, 5.41) is 0. The number of hydrogen-bond acceptors (Lipinski definition) is 3. The van der Waals surface area contributed by atoms with E-state index in [9.17, 15) is 14.0 Å². The first-order chi connectivity index (χ1) is 9.02. The van der Waals surface area contributed by atoms with Crippen molar-refractivity contribution in [2.75, 3.05) is 18.1 Å². The number of carbonyl (C=O) groups excluding carboxylic acids is 2. The Labute approximate surface area is 112 Å². The molecule has 0 radical (unpaired) electrons. The number of hydrogen-bond donors (Lipinski definition) is 0. The number of anilines is 1. The summed E-state index contributed by atoms with van der Waals surface area (Å²) in [6.45, 7) is 5.37. The molecule has 0 aliphatic rings. The van der Waals surface area contributed by atoms with Crippen LogP contribution in [0.3, 0.4) is 0 Å². The minimum absolute atomic E-state index is 0.00435. The van der Waals surface area contributed by atoms with Crippen LogP contribution in [0.15, 0.2) is 18.2 Å². The number of para-hydroxylation sites is 1. The van der Waals surface area contributed by atoms with Crippen molar-refractivity contribution < 1.29 is 18.7 Å². The number of carbonyl (C=O) groups is 2. The molecular formula is C14H18FNO3. The summed E-state index contributed by atoms with van der Waals surface area (Å²) in [5.41, 5.74) is 0.178. The van der Waals surface area contributed by atoms with E-state index < -0.39 is 11.9 Å². The summed E-state index contributed by atoms with van der Waals surface area (Å²) in [4.78, 5) is 24.6. The Kier molecular flexibility index (Phi) is 5.48. The van der Waals surface area contributed by atoms with Crippen LogP contribution in [0.5, 0.6) is 0 Å². The lowest BCUT2D eigenvalue weighted by Crippen LogP contribution is -2.34. The molecule has 0 N–H and O–H groups in total. The van der Waals surface area contributed by atoms with Gasteiger partial charge < -0.3 is 4.74 Å². The Morgan fingerprint density at radius 1 is 1.32 bits per heavy atom. The van der Waals surface area contributed by atoms with E-state index in [4.69, 9.17) is 4.74 Å². The number of amides is 1. The highest BCUT2D eigenvalue weighted by Gasteiger charge is 2.24. The van der Waals surface area contributed by atoms with E-state index in [1.165, 1.54) is 30.0 Å². The molecule has 0 aromatic heterocycles. The predicted molar refractivity (Wildman–Crippen MR) is 71.1 cm³/mol. The topological polar surface area (TPSA) is 46.6 Å². The van der Waals surface area contributed by atoms with Crippen molar-refractivity contribution in [1.29, 1.82) is 0 Å². The second kappa shape index (κ2) is 6.87. The van der Waals surface area contributed by atoms with Gasteiger partial charge in [-0.15, -0.1) is 0 Å². The van der Waals surface area contributed by atoms with Crippen LogP contribution in [0.1, 0.15) is 37.6 Å². The molecule has 4 nitrogen and oxygen atoms in total. The third kappa shape index (κ3) is 3.53. The van der Waals surface area contributed by atoms with Gasteiger partial charge in [-0.3, -0.25) is 9.69 Å². The molecule has 0 saturated carbocycles. The van der Waals surface area contributed by atoms with E-state index in [1.807, 2.05) is 6.92 Å². The standard InChI is InChI=1S/C14H18FNO3/c1-4-9-16(14(18)19-5-2)13-11(10(3)17)7-6-8-12(13)15/h6-8H,4-5,9H2,1-3H3. The van der Waals surface area contributed by atoms with Crippen LogP contribution >= 0.6 is 0 Å². The SMILES string of the molecule is CCCN(C(=O)OCC)c1c(F)cccc1C(C)=O. The molecular weight excluding hydrogens is 249 g/mol. The molecule has 0 saturated heterocycles. The monoisotopic (exact) mass is 267 g/mol. The molecule has 0 bridgehead atoms. The van der Waals surface area contributed by atoms with Crippen LogP contribution < -0.4 is 4.90 Å². The van der Waals surface area contributed by atoms with E-state index in [-0.39, 0.29) is 23.6 Å². The first-order valence-corrected chi connectivity index (χ1v) is 6.26. The van der Waals surface area contributed by atoms with E-state index in [2.05, 4.69) is 0 Å². The van der Waals surface area contributed by atoms with E-state index in [0.29, 0.717) is 13.0 Å². The number of nitrogens with zero attached hydrogens (tertiary/aromatic N) is 1. The molecule has 0 heterocycles. The Morgan fingerprint density at radius 2 is 2.00 bits per heavy atom. The number of Topliss-reactive ketones (excluding diaryl/α,β-unsaturated/α-hetero) is 1. The fourth-order valence-electron chi connectivity index (χ4n) is 1.79. The smallest absolute Gasteiger partial charge is 0.414 e. The second-order valence-electron chi connectivity index (χ2n) is 4.04. The third-order valence-electron chi connectivity index (χ3n) is 2.57. The summed E-state index contributed by atoms with van der Waals surface area (Å²) < 4.78 is 18.9. The van der Waals surface area contributed by atoms with Crippen LogP contribution in [0, 0.1) is 5.82 Å². The lowest BCUT2D eigenvalue weighted by Gasteiger charge is -2.23. The van der Waals surface area contributed by atoms with Gasteiger partial charge in [-0.05, 0) is 32.4 Å². The molecule has 19 heavy (non-hydrogen) atoms. The number of rotatable bonds is 5. The van der Waals surface area contributed by atoms with Crippen molar-refractivity contribution in [3.05, 3.63) is 29.6 Å². The maximum absolute atomic E-state index is 14.0. The maximum Gasteiger partial charge on any atom is 0.414 e. The van der Waals surface area contributed by atoms with Gasteiger partial charge >= 0.3 is 6.09 Å². The molecule has 5 heteroatoms. The number of ether oxygens (including phenoxy) is 1. The first kappa shape index (κ1) is 15.1. The number of halogens is 1. The molecule has 1 aromatic carbocycles. The van der Waals surface area contributed by atoms with Gasteiger partial charge in [0.1, 0.15) is 5.82 Å². The van der Waals surface area contributed by atoms with Gasteiger partial charge in [-0.1, -0.05) is 13.0 Å². The molecule has 104 valence electrons. The molecule has 0 aliphatic heterocycles. The Bertz CT molecular complexity index is 474. The van der Waals surface area contributed by atoms with Gasteiger partial charge in [0, 0.05) is 12.1 Å². The highest BCUT2D eigenvalue weighted by Crippen LogP contribution is 2.26. The maximum atomic E-state index is 14.0. The van der Waals surface area contributed by atoms with Crippen molar-refractivity contribution in [2.24, 2.45) is 0 Å². The summed E-state index contributed by atoms with van der Waals surface area (Å²) in [5.74, 6) is -0.894. The third-order valence-corrected chi connectivity index (χ3v) is 2.57. The van der Waals surface area contributed by atoms with Crippen molar-refractivity contribution in [3.63, 3.8) is 0 Å². The van der Waals surface area contributed by atoms with Crippen molar-refractivity contribution in [2.45, 2.75) is 27.2 Å². The van der Waals surface area contributed by atoms with Crippen molar-refractivity contribution in [3.8, 4) is 0 Å². The number of ketones is 1. The molecule has 0 aliphatic carbocycles. The second-order valence-corrected chi connectivity index (χ2v) is 4.04. The van der Waals surface area contributed by atoms with E-state index >= 15 is 0 Å². The predicted octanol–water partition coefficient (Wildman–Crippen LogP) is 3.40. The minimum atomic E-state index is -0.642. The fraction of sp³-hybridized carbons (Fsp3) is 0.429. The van der Waals surface area contributed by atoms with Gasteiger partial charge in [-0.2, -0.15) is 0 Å². The molecule has 0 fully saturated rings. The Hall–Kier alpha value is -1.91. The van der Waals surface area contributed by atoms with Gasteiger partial charge in [0.25, 0.3) is 0 Å². The zero-order chi connectivity index (χ0) is 14.4. The molecule has 1 amide bonds. The summed E-state index contributed by atoms with van der Waals surface area (Å²) in [6, 6.07) is 4.18. The highest BCUT2D eigenvalue weighted by atomic mass is 19.1. The van der Waals surface area contributed by atoms with E-state index in [0.717, 1.165) is 0 Å². The molecule has 0 spiro atoms. The van der Waals surface area contributed by atoms with Crippen LogP contribution in [-0.4, -0.2) is 25.0 Å². The van der Waals surface area contributed by atoms with Gasteiger partial charge in [0.2, 0.25) is 0 Å². The minimum Gasteiger partial charge on any atom is -0.449 e. The molecule has 0 atom stereocenters. The Morgan fingerprint density at radius 3 is 2.53 bits per heavy atom. The van der Waals surface area contributed by atoms with Gasteiger partial charge in [0.05, 0.1) is 12.3 Å². The van der Waals surface area contributed by atoms with Crippen LogP contribution in [0.25, 0.3) is 0 Å². The lowest BCUT2D eigenvalue weighted by molar-refractivity contribution is 0.101. The lowest BCUT2D eigenvalue weighted by atomic mass is 10.1. The molecule has 1 aromatic rings. The van der Waals surface area contributed by atoms with Crippen LogP contribution in [-0.2, 0) is 4.74 Å². The number of benzene rings is 1. The average Bonchev–Trinajstić information content (AvgIpc) is 2.36. The molecule has 1 rings (SSSR count). The largest absolute Gasteiger partial charge is 0.449 e. The summed E-state index contributed by atoms with van der Waals surface area (Å²) in [6.07, 6.45) is -0.0123. The average molecular weight is 267 g/mol. The van der Waals surface area contributed by atoms with Crippen LogP contribution in [0.2, 0.25) is 0 Å². The fourth-order valence-corrected chi connectivity index (χ4v) is 1.79. The molecule has 0 unspecified atom stereocenters. The van der Waals surface area contributed by atoms with Gasteiger partial charge in [0.15, 0.2) is 5.78 Å². The summed E-state index contributed by atoms with van der Waals surface area (Å²) >= 11 is 0. The zero-order valence-electron chi connectivity index (χ0n) is 11.4. The normalized spacial score (nSPS) is 10.1.